The highest BCUT2D eigenvalue weighted by atomic mass is 15.0. The maximum atomic E-state index is 8.41. The zero-order chi connectivity index (χ0) is 27.1. The third-order valence-corrected chi connectivity index (χ3v) is 7.81. The molecule has 0 radical (unpaired) electrons. The first-order valence-corrected chi connectivity index (χ1v) is 13.7. The van der Waals surface area contributed by atoms with Crippen LogP contribution in [0.2, 0.25) is 0 Å². The summed E-state index contributed by atoms with van der Waals surface area (Å²) in [6.45, 7) is 2.03. The first-order chi connectivity index (χ1) is 19.8. The summed E-state index contributed by atoms with van der Waals surface area (Å²) in [5.74, 6) is 0. The van der Waals surface area contributed by atoms with Gasteiger partial charge in [0, 0.05) is 22.9 Å². The molecule has 0 amide bonds. The number of fused-ring (bicyclic) bond motifs is 3. The van der Waals surface area contributed by atoms with Crippen molar-refractivity contribution in [2.75, 3.05) is 0 Å². The first-order valence-electron chi connectivity index (χ1n) is 13.7. The standard InChI is InChI=1S/C38H28N2/c1-2-13-35-34(25-39)33-24-27(22-23-36(33)40(35)28-16-7-4-8-17-28)38-31-20-11-9-18-29(31)37(26-14-5-3-6-15-26)30-19-10-12-21-32(30)38/h2-25,39H,1H3/b13-2-,39-25?. The van der Waals surface area contributed by atoms with Gasteiger partial charge in [0.2, 0.25) is 0 Å². The Morgan fingerprint density at radius 3 is 1.62 bits per heavy atom. The van der Waals surface area contributed by atoms with Crippen molar-refractivity contribution in [3.8, 4) is 27.9 Å². The Balaban J connectivity index is 1.58. The van der Waals surface area contributed by atoms with E-state index in [1.54, 1.807) is 0 Å². The van der Waals surface area contributed by atoms with Crippen LogP contribution in [0.1, 0.15) is 18.2 Å². The molecular weight excluding hydrogens is 484 g/mol. The van der Waals surface area contributed by atoms with Crippen molar-refractivity contribution in [2.45, 2.75) is 6.92 Å². The number of aromatic nitrogens is 1. The molecule has 6 aromatic carbocycles. The molecule has 0 unspecified atom stereocenters. The van der Waals surface area contributed by atoms with E-state index in [-0.39, 0.29) is 0 Å². The van der Waals surface area contributed by atoms with Crippen LogP contribution in [-0.2, 0) is 0 Å². The Bertz CT molecular complexity index is 2010. The van der Waals surface area contributed by atoms with Gasteiger partial charge in [-0.1, -0.05) is 109 Å². The lowest BCUT2D eigenvalue weighted by molar-refractivity contribution is 1.10. The normalized spacial score (nSPS) is 11.6. The summed E-state index contributed by atoms with van der Waals surface area (Å²) in [6, 6.07) is 45.3. The van der Waals surface area contributed by atoms with Crippen molar-refractivity contribution in [1.29, 1.82) is 5.41 Å². The molecule has 0 aliphatic rings. The molecule has 40 heavy (non-hydrogen) atoms. The molecule has 0 saturated heterocycles. The van der Waals surface area contributed by atoms with Gasteiger partial charge in [0.05, 0.1) is 11.2 Å². The van der Waals surface area contributed by atoms with Crippen molar-refractivity contribution < 1.29 is 0 Å². The molecule has 0 aliphatic heterocycles. The van der Waals surface area contributed by atoms with Gasteiger partial charge >= 0.3 is 0 Å². The van der Waals surface area contributed by atoms with Crippen LogP contribution in [0.3, 0.4) is 0 Å². The third-order valence-electron chi connectivity index (χ3n) is 7.81. The maximum Gasteiger partial charge on any atom is 0.0553 e. The number of nitrogens with one attached hydrogen (secondary N) is 1. The Morgan fingerprint density at radius 2 is 1.07 bits per heavy atom. The minimum absolute atomic E-state index is 0.924. The Kier molecular flexibility index (Phi) is 5.87. The van der Waals surface area contributed by atoms with Crippen LogP contribution in [0.25, 0.3) is 66.5 Å². The van der Waals surface area contributed by atoms with Gasteiger partial charge in [-0.2, -0.15) is 0 Å². The molecule has 1 aromatic heterocycles. The van der Waals surface area contributed by atoms with E-state index in [4.69, 9.17) is 5.41 Å². The fraction of sp³-hybridized carbons (Fsp3) is 0.0263. The predicted octanol–water partition coefficient (Wildman–Crippen LogP) is 10.3. The van der Waals surface area contributed by atoms with Gasteiger partial charge in [0.25, 0.3) is 0 Å². The van der Waals surface area contributed by atoms with Crippen molar-refractivity contribution in [3.05, 3.63) is 145 Å². The number of benzene rings is 6. The fourth-order valence-corrected chi connectivity index (χ4v) is 6.17. The topological polar surface area (TPSA) is 28.8 Å². The molecule has 0 bridgehead atoms. The average Bonchev–Trinajstić information content (AvgIpc) is 3.33. The second kappa shape index (κ2) is 9.83. The largest absolute Gasteiger partial charge is 0.309 e. The summed E-state index contributed by atoms with van der Waals surface area (Å²) in [5.41, 5.74) is 8.99. The number of para-hydroxylation sites is 1. The molecule has 1 heterocycles. The Labute approximate surface area is 234 Å². The second-order valence-electron chi connectivity index (χ2n) is 10.1. The van der Waals surface area contributed by atoms with E-state index in [1.807, 2.05) is 19.1 Å². The van der Waals surface area contributed by atoms with E-state index >= 15 is 0 Å². The highest BCUT2D eigenvalue weighted by Crippen LogP contribution is 2.44. The van der Waals surface area contributed by atoms with Gasteiger partial charge in [-0.05, 0) is 81.1 Å². The van der Waals surface area contributed by atoms with Crippen molar-refractivity contribution in [1.82, 2.24) is 4.57 Å². The second-order valence-corrected chi connectivity index (χ2v) is 10.1. The summed E-state index contributed by atoms with van der Waals surface area (Å²) >= 11 is 0. The van der Waals surface area contributed by atoms with Gasteiger partial charge < -0.3 is 9.98 Å². The van der Waals surface area contributed by atoms with E-state index < -0.39 is 0 Å². The summed E-state index contributed by atoms with van der Waals surface area (Å²) in [7, 11) is 0. The molecule has 0 fully saturated rings. The maximum absolute atomic E-state index is 8.41. The minimum Gasteiger partial charge on any atom is -0.309 e. The molecule has 2 nitrogen and oxygen atoms in total. The van der Waals surface area contributed by atoms with Crippen LogP contribution in [0.4, 0.5) is 0 Å². The number of rotatable bonds is 5. The minimum atomic E-state index is 0.924. The molecule has 0 atom stereocenters. The lowest BCUT2D eigenvalue weighted by Crippen LogP contribution is -1.97. The monoisotopic (exact) mass is 512 g/mol. The Hall–Kier alpha value is -5.21. The number of hydrogen-bond donors (Lipinski definition) is 1. The number of hydrogen-bond acceptors (Lipinski definition) is 1. The van der Waals surface area contributed by atoms with Gasteiger partial charge in [0.1, 0.15) is 0 Å². The quantitative estimate of drug-likeness (QED) is 0.176. The van der Waals surface area contributed by atoms with Crippen molar-refractivity contribution >= 4 is 44.7 Å². The van der Waals surface area contributed by atoms with E-state index in [0.717, 1.165) is 33.4 Å². The molecule has 7 rings (SSSR count). The molecular formula is C38H28N2. The molecule has 0 aliphatic carbocycles. The van der Waals surface area contributed by atoms with Crippen LogP contribution in [0.5, 0.6) is 0 Å². The van der Waals surface area contributed by atoms with Crippen LogP contribution >= 0.6 is 0 Å². The van der Waals surface area contributed by atoms with Gasteiger partial charge in [-0.15, -0.1) is 0 Å². The van der Waals surface area contributed by atoms with Crippen molar-refractivity contribution in [2.24, 2.45) is 0 Å². The van der Waals surface area contributed by atoms with Gasteiger partial charge in [-0.3, -0.25) is 0 Å². The van der Waals surface area contributed by atoms with E-state index in [1.165, 1.54) is 44.4 Å². The van der Waals surface area contributed by atoms with Crippen LogP contribution in [-0.4, -0.2) is 10.8 Å². The lowest BCUT2D eigenvalue weighted by atomic mass is 9.86. The molecule has 190 valence electrons. The summed E-state index contributed by atoms with van der Waals surface area (Å²) in [6.07, 6.45) is 5.65. The molecule has 1 N–H and O–H groups in total. The van der Waals surface area contributed by atoms with Crippen molar-refractivity contribution in [3.63, 3.8) is 0 Å². The molecule has 0 saturated carbocycles. The fourth-order valence-electron chi connectivity index (χ4n) is 6.17. The summed E-state index contributed by atoms with van der Waals surface area (Å²) < 4.78 is 2.26. The van der Waals surface area contributed by atoms with Crippen LogP contribution < -0.4 is 0 Å². The van der Waals surface area contributed by atoms with E-state index in [0.29, 0.717) is 0 Å². The molecule has 0 spiro atoms. The first kappa shape index (κ1) is 23.9. The van der Waals surface area contributed by atoms with Gasteiger partial charge in [-0.25, -0.2) is 0 Å². The van der Waals surface area contributed by atoms with E-state index in [2.05, 4.69) is 132 Å². The highest BCUT2D eigenvalue weighted by molar-refractivity contribution is 6.22. The summed E-state index contributed by atoms with van der Waals surface area (Å²) in [5, 5.41) is 14.4. The number of nitrogens with zero attached hydrogens (tertiary/aromatic N) is 1. The SMILES string of the molecule is C/C=C\c1c(C=N)c2cc(-c3c4ccccc4c(-c4ccccc4)c4ccccc34)ccc2n1-c1ccccc1. The van der Waals surface area contributed by atoms with Crippen LogP contribution in [0.15, 0.2) is 133 Å². The Morgan fingerprint density at radius 1 is 0.550 bits per heavy atom. The third kappa shape index (κ3) is 3.69. The number of allylic oxidation sites excluding steroid dienone is 1. The zero-order valence-electron chi connectivity index (χ0n) is 22.3. The smallest absolute Gasteiger partial charge is 0.0553 e. The van der Waals surface area contributed by atoms with E-state index in [9.17, 15) is 0 Å². The lowest BCUT2D eigenvalue weighted by Gasteiger charge is -2.18. The van der Waals surface area contributed by atoms with Crippen LogP contribution in [0, 0.1) is 5.41 Å². The summed E-state index contributed by atoms with van der Waals surface area (Å²) in [4.78, 5) is 0. The molecule has 2 heteroatoms. The van der Waals surface area contributed by atoms with Gasteiger partial charge in [0.15, 0.2) is 0 Å². The highest BCUT2D eigenvalue weighted by Gasteiger charge is 2.19. The zero-order valence-corrected chi connectivity index (χ0v) is 22.3. The molecule has 7 aromatic rings. The predicted molar refractivity (Wildman–Crippen MR) is 172 cm³/mol. The average molecular weight is 513 g/mol.